The van der Waals surface area contributed by atoms with Crippen LogP contribution in [-0.2, 0) is 9.53 Å². The van der Waals surface area contributed by atoms with Crippen LogP contribution in [0.15, 0.2) is 22.7 Å². The summed E-state index contributed by atoms with van der Waals surface area (Å²) < 4.78 is 20.2. The van der Waals surface area contributed by atoms with E-state index in [1.165, 1.54) is 12.1 Å². The smallest absolute Gasteiger partial charge is 0.245 e. The Kier molecular flexibility index (Phi) is 3.39. The first-order chi connectivity index (χ1) is 9.78. The second kappa shape index (κ2) is 4.76. The van der Waals surface area contributed by atoms with Crippen LogP contribution in [-0.4, -0.2) is 24.2 Å². The molecule has 3 atom stereocenters. The minimum atomic E-state index is -1.04. The van der Waals surface area contributed by atoms with Gasteiger partial charge >= 0.3 is 0 Å². The Morgan fingerprint density at radius 3 is 2.95 bits per heavy atom. The molecule has 1 aromatic carbocycles. The Morgan fingerprint density at radius 1 is 1.52 bits per heavy atom. The molecule has 3 rings (SSSR count). The summed E-state index contributed by atoms with van der Waals surface area (Å²) in [5, 5.41) is 2.64. The van der Waals surface area contributed by atoms with Crippen molar-refractivity contribution in [1.29, 1.82) is 0 Å². The highest BCUT2D eigenvalue weighted by Gasteiger charge is 2.71. The molecule has 114 valence electrons. The summed E-state index contributed by atoms with van der Waals surface area (Å²) in [6.07, 6.45) is 0.763. The van der Waals surface area contributed by atoms with E-state index in [0.717, 1.165) is 6.42 Å². The standard InChI is InChI=1S/C15H18BrFN2O2/c1-14(2)12-9(5-6-21-12)15(14,18)13(20)19-11-7-8(16)3-4-10(11)17/h3-4,7,9,12H,5-6,18H2,1-2H3,(H,19,20). The number of hydrogen-bond donors (Lipinski definition) is 2. The maximum atomic E-state index is 13.8. The summed E-state index contributed by atoms with van der Waals surface area (Å²) in [5.41, 5.74) is 5.05. The number of carbonyl (C=O) groups is 1. The number of nitrogens with one attached hydrogen (secondary N) is 1. The molecular weight excluding hydrogens is 339 g/mol. The van der Waals surface area contributed by atoms with Crippen LogP contribution in [0.5, 0.6) is 0 Å². The van der Waals surface area contributed by atoms with Crippen LogP contribution in [0.4, 0.5) is 10.1 Å². The van der Waals surface area contributed by atoms with Gasteiger partial charge in [-0.05, 0) is 24.6 Å². The summed E-state index contributed by atoms with van der Waals surface area (Å²) in [6.45, 7) is 4.48. The molecule has 0 aromatic heterocycles. The van der Waals surface area contributed by atoms with Crippen LogP contribution in [0.1, 0.15) is 20.3 Å². The predicted octanol–water partition coefficient (Wildman–Crippen LogP) is 2.67. The van der Waals surface area contributed by atoms with Crippen molar-refractivity contribution in [3.8, 4) is 0 Å². The van der Waals surface area contributed by atoms with Crippen LogP contribution in [0.25, 0.3) is 0 Å². The fraction of sp³-hybridized carbons (Fsp3) is 0.533. The third kappa shape index (κ3) is 1.96. The van der Waals surface area contributed by atoms with Crippen molar-refractivity contribution < 1.29 is 13.9 Å². The lowest BCUT2D eigenvalue weighted by Crippen LogP contribution is -2.79. The van der Waals surface area contributed by atoms with Gasteiger partial charge < -0.3 is 15.8 Å². The molecule has 1 saturated heterocycles. The van der Waals surface area contributed by atoms with Crippen molar-refractivity contribution >= 4 is 27.5 Å². The molecular formula is C15H18BrFN2O2. The molecule has 0 bridgehead atoms. The molecule has 1 heterocycles. The van der Waals surface area contributed by atoms with Gasteiger partial charge in [-0.1, -0.05) is 29.8 Å². The second-order valence-corrected chi connectivity index (χ2v) is 7.27. The average Bonchev–Trinajstić information content (AvgIpc) is 2.90. The van der Waals surface area contributed by atoms with E-state index in [2.05, 4.69) is 21.2 Å². The van der Waals surface area contributed by atoms with E-state index >= 15 is 0 Å². The molecule has 1 aliphatic heterocycles. The molecule has 1 aliphatic carbocycles. The third-order valence-corrected chi connectivity index (χ3v) is 5.50. The Bertz CT molecular complexity index is 607. The molecule has 3 N–H and O–H groups in total. The normalized spacial score (nSPS) is 33.2. The van der Waals surface area contributed by atoms with E-state index < -0.39 is 16.8 Å². The van der Waals surface area contributed by atoms with Crippen LogP contribution >= 0.6 is 15.9 Å². The molecule has 0 spiro atoms. The van der Waals surface area contributed by atoms with Crippen molar-refractivity contribution in [1.82, 2.24) is 0 Å². The Balaban J connectivity index is 1.87. The number of fused-ring (bicyclic) bond motifs is 1. The zero-order valence-electron chi connectivity index (χ0n) is 12.0. The maximum Gasteiger partial charge on any atom is 0.245 e. The van der Waals surface area contributed by atoms with Gasteiger partial charge in [0.05, 0.1) is 11.8 Å². The van der Waals surface area contributed by atoms with Gasteiger partial charge in [-0.2, -0.15) is 0 Å². The number of rotatable bonds is 2. The second-order valence-electron chi connectivity index (χ2n) is 6.36. The van der Waals surface area contributed by atoms with E-state index in [1.807, 2.05) is 13.8 Å². The topological polar surface area (TPSA) is 64.3 Å². The molecule has 4 nitrogen and oxygen atoms in total. The molecule has 6 heteroatoms. The monoisotopic (exact) mass is 356 g/mol. The SMILES string of the molecule is CC1(C)C2OCCC2C1(N)C(=O)Nc1cc(Br)ccc1F. The lowest BCUT2D eigenvalue weighted by atomic mass is 9.48. The van der Waals surface area contributed by atoms with Gasteiger partial charge in [0.1, 0.15) is 11.4 Å². The number of benzene rings is 1. The number of carbonyl (C=O) groups excluding carboxylic acids is 1. The van der Waals surface area contributed by atoms with Gasteiger partial charge in [0.25, 0.3) is 0 Å². The molecule has 2 aliphatic rings. The van der Waals surface area contributed by atoms with Gasteiger partial charge in [0.15, 0.2) is 0 Å². The lowest BCUT2D eigenvalue weighted by Gasteiger charge is -2.60. The fourth-order valence-electron chi connectivity index (χ4n) is 3.66. The highest BCUT2D eigenvalue weighted by molar-refractivity contribution is 9.10. The van der Waals surface area contributed by atoms with Crippen LogP contribution in [0, 0.1) is 17.2 Å². The lowest BCUT2D eigenvalue weighted by molar-refractivity contribution is -0.170. The minimum absolute atomic E-state index is 0.000561. The molecule has 1 saturated carbocycles. The van der Waals surface area contributed by atoms with E-state index in [9.17, 15) is 9.18 Å². The number of amides is 1. The molecule has 1 aromatic rings. The van der Waals surface area contributed by atoms with E-state index in [4.69, 9.17) is 10.5 Å². The van der Waals surface area contributed by atoms with Crippen LogP contribution in [0.3, 0.4) is 0 Å². The highest BCUT2D eigenvalue weighted by atomic mass is 79.9. The predicted molar refractivity (Wildman–Crippen MR) is 81.3 cm³/mol. The summed E-state index contributed by atoms with van der Waals surface area (Å²) in [7, 11) is 0. The Hall–Kier alpha value is -0.980. The van der Waals surface area contributed by atoms with Gasteiger partial charge in [-0.3, -0.25) is 4.79 Å². The van der Waals surface area contributed by atoms with Gasteiger partial charge in [0, 0.05) is 22.4 Å². The molecule has 2 fully saturated rings. The summed E-state index contributed by atoms with van der Waals surface area (Å²) >= 11 is 3.27. The van der Waals surface area contributed by atoms with Crippen molar-refractivity contribution in [2.45, 2.75) is 31.9 Å². The van der Waals surface area contributed by atoms with E-state index in [-0.39, 0.29) is 23.6 Å². The van der Waals surface area contributed by atoms with Crippen molar-refractivity contribution in [2.75, 3.05) is 11.9 Å². The number of hydrogen-bond acceptors (Lipinski definition) is 3. The van der Waals surface area contributed by atoms with Crippen molar-refractivity contribution in [2.24, 2.45) is 17.1 Å². The number of ether oxygens (including phenoxy) is 1. The summed E-state index contributed by atoms with van der Waals surface area (Å²) in [5.74, 6) is -0.842. The maximum absolute atomic E-state index is 13.8. The van der Waals surface area contributed by atoms with E-state index in [0.29, 0.717) is 11.1 Å². The number of halogens is 2. The van der Waals surface area contributed by atoms with Crippen LogP contribution in [0.2, 0.25) is 0 Å². The molecule has 21 heavy (non-hydrogen) atoms. The zero-order chi connectivity index (χ0) is 15.4. The van der Waals surface area contributed by atoms with Gasteiger partial charge in [0.2, 0.25) is 5.91 Å². The molecule has 1 amide bonds. The Labute approximate surface area is 131 Å². The van der Waals surface area contributed by atoms with Gasteiger partial charge in [-0.25, -0.2) is 4.39 Å². The Morgan fingerprint density at radius 2 is 2.24 bits per heavy atom. The zero-order valence-corrected chi connectivity index (χ0v) is 13.5. The fourth-order valence-corrected chi connectivity index (χ4v) is 4.03. The van der Waals surface area contributed by atoms with Crippen molar-refractivity contribution in [3.05, 3.63) is 28.5 Å². The highest BCUT2D eigenvalue weighted by Crippen LogP contribution is 2.58. The summed E-state index contributed by atoms with van der Waals surface area (Å²) in [6, 6.07) is 4.42. The third-order valence-electron chi connectivity index (χ3n) is 5.01. The minimum Gasteiger partial charge on any atom is -0.377 e. The average molecular weight is 357 g/mol. The van der Waals surface area contributed by atoms with E-state index in [1.54, 1.807) is 6.07 Å². The quantitative estimate of drug-likeness (QED) is 0.856. The largest absolute Gasteiger partial charge is 0.377 e. The number of anilines is 1. The first-order valence-corrected chi connectivity index (χ1v) is 7.75. The number of nitrogens with two attached hydrogens (primary N) is 1. The van der Waals surface area contributed by atoms with Crippen LogP contribution < -0.4 is 11.1 Å². The molecule has 3 unspecified atom stereocenters. The van der Waals surface area contributed by atoms with Gasteiger partial charge in [-0.15, -0.1) is 0 Å². The van der Waals surface area contributed by atoms with Crippen molar-refractivity contribution in [3.63, 3.8) is 0 Å². The summed E-state index contributed by atoms with van der Waals surface area (Å²) in [4.78, 5) is 12.7. The first-order valence-electron chi connectivity index (χ1n) is 6.95. The first kappa shape index (κ1) is 14.9. The molecule has 0 radical (unpaired) electrons.